The first kappa shape index (κ1) is 19.0. The van der Waals surface area contributed by atoms with Gasteiger partial charge in [-0.05, 0) is 75.6 Å². The molecule has 0 spiro atoms. The molecule has 6 heteroatoms. The first-order valence-corrected chi connectivity index (χ1v) is 10.7. The molecule has 0 amide bonds. The molecule has 1 N–H and O–H groups in total. The minimum absolute atomic E-state index is 0.0509. The summed E-state index contributed by atoms with van der Waals surface area (Å²) in [6.07, 6.45) is 8.78. The molecular formula is C24H24O6. The molecule has 2 aliphatic carbocycles. The summed E-state index contributed by atoms with van der Waals surface area (Å²) in [6, 6.07) is 7.87. The highest BCUT2D eigenvalue weighted by molar-refractivity contribution is 5.97. The van der Waals surface area contributed by atoms with Gasteiger partial charge in [-0.15, -0.1) is 0 Å². The summed E-state index contributed by atoms with van der Waals surface area (Å²) < 4.78 is 18.5. The van der Waals surface area contributed by atoms with Crippen molar-refractivity contribution in [2.45, 2.75) is 63.6 Å². The second kappa shape index (κ2) is 7.67. The summed E-state index contributed by atoms with van der Waals surface area (Å²) in [5, 5.41) is 9.88. The number of hydrogen-bond acceptors (Lipinski definition) is 5. The van der Waals surface area contributed by atoms with Gasteiger partial charge >= 0.3 is 5.97 Å². The zero-order chi connectivity index (χ0) is 20.7. The molecule has 2 fully saturated rings. The van der Waals surface area contributed by atoms with E-state index in [9.17, 15) is 14.7 Å². The Labute approximate surface area is 173 Å². The van der Waals surface area contributed by atoms with Crippen LogP contribution in [0.15, 0.2) is 39.5 Å². The number of ether oxygens (including phenoxy) is 2. The summed E-state index contributed by atoms with van der Waals surface area (Å²) in [4.78, 5) is 24.6. The van der Waals surface area contributed by atoms with E-state index in [0.29, 0.717) is 28.1 Å². The van der Waals surface area contributed by atoms with E-state index in [4.69, 9.17) is 13.9 Å². The fourth-order valence-corrected chi connectivity index (χ4v) is 4.58. The number of carbonyl (C=O) groups is 1. The molecule has 156 valence electrons. The van der Waals surface area contributed by atoms with E-state index in [1.165, 1.54) is 18.2 Å². The van der Waals surface area contributed by atoms with Gasteiger partial charge in [-0.25, -0.2) is 4.79 Å². The Hall–Kier alpha value is -3.02. The van der Waals surface area contributed by atoms with Crippen LogP contribution >= 0.6 is 0 Å². The number of rotatable bonds is 5. The molecule has 0 aliphatic heterocycles. The smallest absolute Gasteiger partial charge is 0.335 e. The number of hydrogen-bond donors (Lipinski definition) is 1. The maximum Gasteiger partial charge on any atom is 0.335 e. The van der Waals surface area contributed by atoms with Crippen LogP contribution in [0.4, 0.5) is 0 Å². The van der Waals surface area contributed by atoms with Crippen molar-refractivity contribution >= 4 is 27.9 Å². The van der Waals surface area contributed by atoms with E-state index in [-0.39, 0.29) is 28.6 Å². The van der Waals surface area contributed by atoms with Crippen LogP contribution in [0.25, 0.3) is 21.9 Å². The molecule has 1 aromatic heterocycles. The molecule has 30 heavy (non-hydrogen) atoms. The number of carboxylic acid groups (broad SMARTS) is 1. The Balaban J connectivity index is 1.67. The fraction of sp³-hybridized carbons (Fsp3) is 0.417. The quantitative estimate of drug-likeness (QED) is 0.578. The Morgan fingerprint density at radius 3 is 2.23 bits per heavy atom. The van der Waals surface area contributed by atoms with Crippen molar-refractivity contribution in [1.82, 2.24) is 0 Å². The monoisotopic (exact) mass is 408 g/mol. The zero-order valence-corrected chi connectivity index (χ0v) is 16.7. The van der Waals surface area contributed by atoms with E-state index < -0.39 is 5.97 Å². The highest BCUT2D eigenvalue weighted by Crippen LogP contribution is 2.36. The highest BCUT2D eigenvalue weighted by atomic mass is 16.5. The molecule has 0 unspecified atom stereocenters. The number of aromatic carboxylic acids is 1. The van der Waals surface area contributed by atoms with Gasteiger partial charge in [0, 0.05) is 6.07 Å². The third-order valence-electron chi connectivity index (χ3n) is 6.16. The minimum atomic E-state index is -1.08. The van der Waals surface area contributed by atoms with E-state index in [2.05, 4.69) is 0 Å². The van der Waals surface area contributed by atoms with Gasteiger partial charge < -0.3 is 19.0 Å². The van der Waals surface area contributed by atoms with E-state index >= 15 is 0 Å². The van der Waals surface area contributed by atoms with Crippen molar-refractivity contribution in [2.24, 2.45) is 0 Å². The van der Waals surface area contributed by atoms with Crippen molar-refractivity contribution in [3.63, 3.8) is 0 Å². The molecule has 0 saturated heterocycles. The lowest BCUT2D eigenvalue weighted by Crippen LogP contribution is -2.14. The number of benzene rings is 2. The Morgan fingerprint density at radius 1 is 0.900 bits per heavy atom. The third kappa shape index (κ3) is 3.51. The minimum Gasteiger partial charge on any atom is -0.490 e. The van der Waals surface area contributed by atoms with Gasteiger partial charge in [0.05, 0.1) is 28.5 Å². The van der Waals surface area contributed by atoms with Crippen LogP contribution in [0.3, 0.4) is 0 Å². The van der Waals surface area contributed by atoms with Gasteiger partial charge in [0.25, 0.3) is 0 Å². The largest absolute Gasteiger partial charge is 0.490 e. The van der Waals surface area contributed by atoms with Crippen molar-refractivity contribution in [2.75, 3.05) is 0 Å². The third-order valence-corrected chi connectivity index (χ3v) is 6.16. The molecule has 0 atom stereocenters. The van der Waals surface area contributed by atoms with E-state index in [1.807, 2.05) is 6.07 Å². The maximum absolute atomic E-state index is 13.3. The lowest BCUT2D eigenvalue weighted by molar-refractivity contribution is 0.0697. The molecule has 1 heterocycles. The van der Waals surface area contributed by atoms with Crippen molar-refractivity contribution in [3.8, 4) is 11.5 Å². The van der Waals surface area contributed by atoms with Crippen LogP contribution in [0.2, 0.25) is 0 Å². The molecule has 5 rings (SSSR count). The van der Waals surface area contributed by atoms with E-state index in [0.717, 1.165) is 51.4 Å². The van der Waals surface area contributed by atoms with Gasteiger partial charge in [-0.1, -0.05) is 0 Å². The topological polar surface area (TPSA) is 86.0 Å². The van der Waals surface area contributed by atoms with Crippen LogP contribution < -0.4 is 14.9 Å². The molecule has 6 nitrogen and oxygen atoms in total. The average Bonchev–Trinajstić information content (AvgIpc) is 3.43. The lowest BCUT2D eigenvalue weighted by atomic mass is 10.1. The summed E-state index contributed by atoms with van der Waals surface area (Å²) in [6.45, 7) is 0. The second-order valence-electron chi connectivity index (χ2n) is 8.29. The normalized spacial score (nSPS) is 17.7. The van der Waals surface area contributed by atoms with Crippen molar-refractivity contribution in [3.05, 3.63) is 46.1 Å². The van der Waals surface area contributed by atoms with Crippen molar-refractivity contribution in [1.29, 1.82) is 0 Å². The Bertz CT molecular complexity index is 1170. The summed E-state index contributed by atoms with van der Waals surface area (Å²) >= 11 is 0. The molecule has 0 radical (unpaired) electrons. The van der Waals surface area contributed by atoms with Crippen LogP contribution in [0, 0.1) is 0 Å². The zero-order valence-electron chi connectivity index (χ0n) is 16.7. The van der Waals surface area contributed by atoms with E-state index in [1.54, 1.807) is 6.07 Å². The van der Waals surface area contributed by atoms with Gasteiger partial charge in [-0.2, -0.15) is 0 Å². The standard InChI is InChI=1S/C24H24O6/c25-22-18-11-14(24(26)27)9-10-20(18)30-23-19(22)12-17(28-15-5-1-2-6-15)13-21(23)29-16-7-3-4-8-16/h9-13,15-16H,1-8H2,(H,26,27). The molecule has 2 aromatic carbocycles. The Kier molecular flexibility index (Phi) is 4.85. The van der Waals surface area contributed by atoms with Gasteiger partial charge in [0.1, 0.15) is 11.3 Å². The van der Waals surface area contributed by atoms with Crippen LogP contribution in [-0.4, -0.2) is 23.3 Å². The predicted octanol–water partition coefficient (Wildman–Crippen LogP) is 5.29. The first-order valence-electron chi connectivity index (χ1n) is 10.7. The van der Waals surface area contributed by atoms with Crippen LogP contribution in [0.1, 0.15) is 61.7 Å². The van der Waals surface area contributed by atoms with Crippen molar-refractivity contribution < 1.29 is 23.8 Å². The first-order chi connectivity index (χ1) is 14.6. The lowest BCUT2D eigenvalue weighted by Gasteiger charge is -2.18. The highest BCUT2D eigenvalue weighted by Gasteiger charge is 2.23. The van der Waals surface area contributed by atoms with Crippen LogP contribution in [0.5, 0.6) is 11.5 Å². The molecule has 2 saturated carbocycles. The number of carboxylic acids is 1. The maximum atomic E-state index is 13.3. The SMILES string of the molecule is O=C(O)c1ccc2oc3c(OC4CCCC4)cc(OC4CCCC4)cc3c(=O)c2c1. The van der Waals surface area contributed by atoms with Crippen LogP contribution in [-0.2, 0) is 0 Å². The van der Waals surface area contributed by atoms with Gasteiger partial charge in [0.2, 0.25) is 5.43 Å². The molecule has 0 bridgehead atoms. The summed E-state index contributed by atoms with van der Waals surface area (Å²) in [5.41, 5.74) is 0.511. The fourth-order valence-electron chi connectivity index (χ4n) is 4.58. The Morgan fingerprint density at radius 2 is 1.57 bits per heavy atom. The predicted molar refractivity (Wildman–Crippen MR) is 113 cm³/mol. The molecule has 3 aromatic rings. The van der Waals surface area contributed by atoms with Gasteiger partial charge in [-0.3, -0.25) is 4.79 Å². The second-order valence-corrected chi connectivity index (χ2v) is 8.29. The average molecular weight is 408 g/mol. The molecule has 2 aliphatic rings. The summed E-state index contributed by atoms with van der Waals surface area (Å²) in [7, 11) is 0. The van der Waals surface area contributed by atoms with Gasteiger partial charge in [0.15, 0.2) is 11.3 Å². The summed E-state index contributed by atoms with van der Waals surface area (Å²) in [5.74, 6) is 0.0390. The number of fused-ring (bicyclic) bond motifs is 2. The molecular weight excluding hydrogens is 384 g/mol.